The van der Waals surface area contributed by atoms with Gasteiger partial charge in [-0.25, -0.2) is 4.79 Å². The van der Waals surface area contributed by atoms with E-state index in [1.54, 1.807) is 12.1 Å². The van der Waals surface area contributed by atoms with Crippen LogP contribution in [0.2, 0.25) is 0 Å². The van der Waals surface area contributed by atoms with E-state index in [0.717, 1.165) is 24.0 Å². The Morgan fingerprint density at radius 3 is 2.22 bits per heavy atom. The largest absolute Gasteiger partial charge is 1.00 e. The molecule has 0 aliphatic carbocycles. The van der Waals surface area contributed by atoms with Gasteiger partial charge in [0.05, 0.1) is 30.4 Å². The lowest BCUT2D eigenvalue weighted by molar-refractivity contribution is -0.879. The van der Waals surface area contributed by atoms with Crippen molar-refractivity contribution in [3.8, 4) is 0 Å². The minimum absolute atomic E-state index is 0. The first-order valence-corrected chi connectivity index (χ1v) is 9.01. The Kier molecular flexibility index (Phi) is 5.68. The van der Waals surface area contributed by atoms with E-state index < -0.39 is 11.6 Å². The third-order valence-electron chi connectivity index (χ3n) is 4.08. The van der Waals surface area contributed by atoms with E-state index in [2.05, 4.69) is 14.1 Å². The summed E-state index contributed by atoms with van der Waals surface area (Å²) >= 11 is 2.73. The number of halogens is 1. The molecule has 3 heterocycles. The van der Waals surface area contributed by atoms with Crippen molar-refractivity contribution in [3.05, 3.63) is 44.8 Å². The number of aliphatic hydroxyl groups is 1. The van der Waals surface area contributed by atoms with E-state index >= 15 is 0 Å². The maximum atomic E-state index is 12.8. The van der Waals surface area contributed by atoms with Gasteiger partial charge in [0.25, 0.3) is 0 Å². The first-order valence-electron chi connectivity index (χ1n) is 7.25. The minimum atomic E-state index is -1.69. The van der Waals surface area contributed by atoms with Gasteiger partial charge in [-0.2, -0.15) is 0 Å². The Balaban J connectivity index is 0.00000192. The highest BCUT2D eigenvalue weighted by Crippen LogP contribution is 2.37. The van der Waals surface area contributed by atoms with Crippen LogP contribution in [0.1, 0.15) is 16.2 Å². The lowest BCUT2D eigenvalue weighted by Gasteiger charge is -2.26. The topological polar surface area (TPSA) is 46.5 Å². The molecule has 7 heteroatoms. The lowest BCUT2D eigenvalue weighted by Crippen LogP contribution is -3.00. The predicted octanol–water partition coefficient (Wildman–Crippen LogP) is -0.559. The fourth-order valence-corrected chi connectivity index (χ4v) is 4.57. The van der Waals surface area contributed by atoms with Crippen LogP contribution in [0, 0.1) is 0 Å². The molecule has 1 saturated heterocycles. The van der Waals surface area contributed by atoms with Gasteiger partial charge in [0, 0.05) is 6.42 Å². The molecular formula is C16H20BrNO3S2. The molecular weight excluding hydrogens is 398 g/mol. The molecule has 1 atom stereocenters. The summed E-state index contributed by atoms with van der Waals surface area (Å²) in [6, 6.07) is 7.23. The molecule has 2 aromatic rings. The number of carbonyl (C=O) groups excluding carboxylic acids is 1. The average molecular weight is 418 g/mol. The first-order chi connectivity index (χ1) is 10.4. The summed E-state index contributed by atoms with van der Waals surface area (Å²) in [5, 5.41) is 14.8. The summed E-state index contributed by atoms with van der Waals surface area (Å²) in [4.78, 5) is 14.0. The Morgan fingerprint density at radius 2 is 1.83 bits per heavy atom. The summed E-state index contributed by atoms with van der Waals surface area (Å²) in [6.07, 6.45) is 0.706. The number of quaternary nitrogens is 1. The number of hydrogen-bond donors (Lipinski definition) is 1. The van der Waals surface area contributed by atoms with Crippen molar-refractivity contribution in [3.63, 3.8) is 0 Å². The summed E-state index contributed by atoms with van der Waals surface area (Å²) in [6.45, 7) is 1.77. The van der Waals surface area contributed by atoms with Crippen molar-refractivity contribution in [2.75, 3.05) is 27.2 Å². The molecule has 0 spiro atoms. The number of rotatable bonds is 4. The molecule has 0 radical (unpaired) electrons. The quantitative estimate of drug-likeness (QED) is 0.535. The van der Waals surface area contributed by atoms with Crippen molar-refractivity contribution >= 4 is 28.6 Å². The van der Waals surface area contributed by atoms with Gasteiger partial charge < -0.3 is 31.3 Å². The number of nitrogens with zero attached hydrogens (tertiary/aromatic N) is 1. The molecule has 1 fully saturated rings. The van der Waals surface area contributed by atoms with Gasteiger partial charge in [0.1, 0.15) is 6.54 Å². The third-order valence-corrected chi connectivity index (χ3v) is 6.04. The first kappa shape index (κ1) is 18.6. The van der Waals surface area contributed by atoms with Gasteiger partial charge in [-0.3, -0.25) is 0 Å². The normalized spacial score (nSPS) is 20.0. The van der Waals surface area contributed by atoms with Gasteiger partial charge in [-0.15, -0.1) is 22.7 Å². The van der Waals surface area contributed by atoms with Crippen molar-refractivity contribution in [1.29, 1.82) is 0 Å². The van der Waals surface area contributed by atoms with Crippen LogP contribution in [0.4, 0.5) is 0 Å². The number of carbonyl (C=O) groups is 1. The van der Waals surface area contributed by atoms with Gasteiger partial charge in [0.15, 0.2) is 6.10 Å². The van der Waals surface area contributed by atoms with Crippen LogP contribution < -0.4 is 17.0 Å². The van der Waals surface area contributed by atoms with E-state index in [0.29, 0.717) is 9.75 Å². The standard InChI is InChI=1S/C16H20NO3S2.BrH/c1-17(2)8-7-12(11-17)20-15(18)16(19,13-5-3-9-21-13)14-6-4-10-22-14;/h3-6,9-10,12,19H,7-8,11H2,1-2H3;1H/q+1;/p-1/t12-;/m0./s1. The van der Waals surface area contributed by atoms with Gasteiger partial charge in [-0.1, -0.05) is 12.1 Å². The van der Waals surface area contributed by atoms with Crippen LogP contribution in [-0.4, -0.2) is 48.8 Å². The Bertz CT molecular complexity index is 606. The Morgan fingerprint density at radius 1 is 1.26 bits per heavy atom. The smallest absolute Gasteiger partial charge is 0.349 e. The van der Waals surface area contributed by atoms with Crippen molar-refractivity contribution < 1.29 is 36.1 Å². The lowest BCUT2D eigenvalue weighted by atomic mass is 10.00. The fourth-order valence-electron chi connectivity index (χ4n) is 2.85. The SMILES string of the molecule is C[N+]1(C)CC[C@H](OC(=O)C(O)(c2cccs2)c2cccs2)C1.[Br-]. The molecule has 4 nitrogen and oxygen atoms in total. The minimum Gasteiger partial charge on any atom is -1.00 e. The fraction of sp³-hybridized carbons (Fsp3) is 0.438. The number of ether oxygens (including phenoxy) is 1. The number of thiophene rings is 2. The molecule has 3 rings (SSSR count). The molecule has 1 aliphatic rings. The van der Waals surface area contributed by atoms with E-state index in [1.165, 1.54) is 22.7 Å². The average Bonchev–Trinajstić information content (AvgIpc) is 3.19. The summed E-state index contributed by atoms with van der Waals surface area (Å²) < 4.78 is 6.51. The van der Waals surface area contributed by atoms with Crippen LogP contribution in [0.5, 0.6) is 0 Å². The highest BCUT2D eigenvalue weighted by Gasteiger charge is 2.46. The summed E-state index contributed by atoms with van der Waals surface area (Å²) in [5.74, 6) is -0.565. The van der Waals surface area contributed by atoms with Gasteiger partial charge in [-0.05, 0) is 22.9 Å². The van der Waals surface area contributed by atoms with Crippen LogP contribution in [0.3, 0.4) is 0 Å². The summed E-state index contributed by atoms with van der Waals surface area (Å²) in [7, 11) is 4.25. The second kappa shape index (κ2) is 7.03. The number of hydrogen-bond acceptors (Lipinski definition) is 5. The van der Waals surface area contributed by atoms with Crippen molar-refractivity contribution in [2.24, 2.45) is 0 Å². The molecule has 23 heavy (non-hydrogen) atoms. The summed E-state index contributed by atoms with van der Waals surface area (Å²) in [5.41, 5.74) is -1.69. The van der Waals surface area contributed by atoms with Gasteiger partial charge >= 0.3 is 5.97 Å². The van der Waals surface area contributed by atoms with E-state index in [9.17, 15) is 9.90 Å². The number of likely N-dealkylation sites (N-methyl/N-ethyl adjacent to an activating group) is 1. The maximum absolute atomic E-state index is 12.8. The molecule has 2 aromatic heterocycles. The zero-order valence-corrected chi connectivity index (χ0v) is 16.3. The Labute approximate surface area is 154 Å². The molecule has 1 N–H and O–H groups in total. The van der Waals surface area contributed by atoms with Crippen LogP contribution in [0.25, 0.3) is 0 Å². The monoisotopic (exact) mass is 417 g/mol. The maximum Gasteiger partial charge on any atom is 0.349 e. The Hall–Kier alpha value is -0.730. The molecule has 126 valence electrons. The predicted molar refractivity (Wildman–Crippen MR) is 88.0 cm³/mol. The van der Waals surface area contributed by atoms with E-state index in [-0.39, 0.29) is 23.1 Å². The number of esters is 1. The number of likely N-dealkylation sites (tertiary alicyclic amines) is 1. The molecule has 0 saturated carbocycles. The third kappa shape index (κ3) is 3.69. The molecule has 0 aromatic carbocycles. The van der Waals surface area contributed by atoms with Gasteiger partial charge in [0.2, 0.25) is 5.60 Å². The molecule has 0 amide bonds. The van der Waals surface area contributed by atoms with Crippen LogP contribution >= 0.6 is 22.7 Å². The van der Waals surface area contributed by atoms with Crippen molar-refractivity contribution in [2.45, 2.75) is 18.1 Å². The highest BCUT2D eigenvalue weighted by atomic mass is 79.9. The van der Waals surface area contributed by atoms with Crippen LogP contribution in [-0.2, 0) is 15.1 Å². The zero-order valence-electron chi connectivity index (χ0n) is 13.1. The molecule has 0 bridgehead atoms. The molecule has 1 aliphatic heterocycles. The van der Waals surface area contributed by atoms with E-state index in [4.69, 9.17) is 4.74 Å². The highest BCUT2D eigenvalue weighted by molar-refractivity contribution is 7.12. The second-order valence-electron chi connectivity index (χ2n) is 6.32. The second-order valence-corrected chi connectivity index (χ2v) is 8.22. The van der Waals surface area contributed by atoms with Crippen LogP contribution in [0.15, 0.2) is 35.0 Å². The van der Waals surface area contributed by atoms with Crippen molar-refractivity contribution in [1.82, 2.24) is 0 Å². The van der Waals surface area contributed by atoms with E-state index in [1.807, 2.05) is 22.9 Å². The molecule has 0 unspecified atom stereocenters. The zero-order chi connectivity index (χ0) is 15.8.